The lowest BCUT2D eigenvalue weighted by molar-refractivity contribution is -0.117. The lowest BCUT2D eigenvalue weighted by Crippen LogP contribution is -2.24. The molecule has 1 N–H and O–H groups in total. The zero-order chi connectivity index (χ0) is 10.4. The Bertz CT molecular complexity index is 298. The van der Waals surface area contributed by atoms with E-state index in [1.165, 1.54) is 11.3 Å². The topological polar surface area (TPSA) is 29.1 Å². The molecule has 2 nitrogen and oxygen atoms in total. The summed E-state index contributed by atoms with van der Waals surface area (Å²) >= 11 is 7.23. The van der Waals surface area contributed by atoms with Gasteiger partial charge in [-0.25, -0.2) is 0 Å². The molecular weight excluding hydrogens is 218 g/mol. The van der Waals surface area contributed by atoms with Crippen LogP contribution >= 0.6 is 22.9 Å². The van der Waals surface area contributed by atoms with E-state index in [2.05, 4.69) is 12.2 Å². The van der Waals surface area contributed by atoms with E-state index >= 15 is 0 Å². The second kappa shape index (κ2) is 6.17. The summed E-state index contributed by atoms with van der Waals surface area (Å²) in [6, 6.07) is 3.74. The Morgan fingerprint density at radius 1 is 1.57 bits per heavy atom. The third kappa shape index (κ3) is 4.22. The van der Waals surface area contributed by atoms with Crippen molar-refractivity contribution in [1.82, 2.24) is 5.32 Å². The van der Waals surface area contributed by atoms with Crippen LogP contribution in [0.4, 0.5) is 0 Å². The molecule has 0 atom stereocenters. The first-order valence-corrected chi connectivity index (χ1v) is 5.88. The first kappa shape index (κ1) is 11.7. The molecule has 0 bridgehead atoms. The van der Waals surface area contributed by atoms with E-state index in [-0.39, 0.29) is 5.78 Å². The SMILES string of the molecule is CCCNCC(=O)Cc1ccc(Cl)s1. The number of carbonyl (C=O) groups excluding carboxylic acids is 1. The molecule has 4 heteroatoms. The molecule has 14 heavy (non-hydrogen) atoms. The maximum atomic E-state index is 11.4. The van der Waals surface area contributed by atoms with Gasteiger partial charge < -0.3 is 5.32 Å². The van der Waals surface area contributed by atoms with Crippen LogP contribution < -0.4 is 5.32 Å². The maximum absolute atomic E-state index is 11.4. The fourth-order valence-corrected chi connectivity index (χ4v) is 2.22. The Morgan fingerprint density at radius 3 is 2.93 bits per heavy atom. The summed E-state index contributed by atoms with van der Waals surface area (Å²) < 4.78 is 0.745. The highest BCUT2D eigenvalue weighted by atomic mass is 35.5. The molecule has 0 aromatic carbocycles. The van der Waals surface area contributed by atoms with Crippen LogP contribution in [0, 0.1) is 0 Å². The van der Waals surface area contributed by atoms with Crippen LogP contribution in [0.15, 0.2) is 12.1 Å². The molecule has 0 spiro atoms. The quantitative estimate of drug-likeness (QED) is 0.763. The summed E-state index contributed by atoms with van der Waals surface area (Å²) in [7, 11) is 0. The number of thiophene rings is 1. The van der Waals surface area contributed by atoms with Crippen LogP contribution in [0.25, 0.3) is 0 Å². The van der Waals surface area contributed by atoms with Gasteiger partial charge in [-0.3, -0.25) is 4.79 Å². The molecular formula is C10H14ClNOS. The van der Waals surface area contributed by atoms with Crippen molar-refractivity contribution in [3.8, 4) is 0 Å². The second-order valence-electron chi connectivity index (χ2n) is 3.10. The average molecular weight is 232 g/mol. The first-order chi connectivity index (χ1) is 6.72. The maximum Gasteiger partial charge on any atom is 0.151 e. The highest BCUT2D eigenvalue weighted by molar-refractivity contribution is 7.16. The fraction of sp³-hybridized carbons (Fsp3) is 0.500. The number of Topliss-reactive ketones (excluding diaryl/α,β-unsaturated/α-hetero) is 1. The van der Waals surface area contributed by atoms with Crippen LogP contribution in [0.5, 0.6) is 0 Å². The molecule has 0 saturated heterocycles. The third-order valence-corrected chi connectivity index (χ3v) is 2.98. The second-order valence-corrected chi connectivity index (χ2v) is 4.90. The van der Waals surface area contributed by atoms with E-state index in [1.54, 1.807) is 0 Å². The van der Waals surface area contributed by atoms with Gasteiger partial charge in [-0.15, -0.1) is 11.3 Å². The van der Waals surface area contributed by atoms with Gasteiger partial charge in [-0.05, 0) is 25.1 Å². The zero-order valence-corrected chi connectivity index (χ0v) is 9.75. The van der Waals surface area contributed by atoms with Crippen molar-refractivity contribution in [3.63, 3.8) is 0 Å². The van der Waals surface area contributed by atoms with Crippen LogP contribution in [0.1, 0.15) is 18.2 Å². The van der Waals surface area contributed by atoms with Crippen molar-refractivity contribution in [2.45, 2.75) is 19.8 Å². The molecule has 1 heterocycles. The minimum absolute atomic E-state index is 0.219. The van der Waals surface area contributed by atoms with E-state index < -0.39 is 0 Å². The van der Waals surface area contributed by atoms with Crippen molar-refractivity contribution in [3.05, 3.63) is 21.3 Å². The van der Waals surface area contributed by atoms with Gasteiger partial charge in [0.1, 0.15) is 0 Å². The van der Waals surface area contributed by atoms with Crippen molar-refractivity contribution in [1.29, 1.82) is 0 Å². The first-order valence-electron chi connectivity index (χ1n) is 4.69. The molecule has 0 saturated carbocycles. The normalized spacial score (nSPS) is 10.4. The number of nitrogens with one attached hydrogen (secondary N) is 1. The summed E-state index contributed by atoms with van der Waals surface area (Å²) in [4.78, 5) is 12.4. The summed E-state index contributed by atoms with van der Waals surface area (Å²) in [6.07, 6.45) is 1.55. The fourth-order valence-electron chi connectivity index (χ4n) is 1.11. The summed E-state index contributed by atoms with van der Waals surface area (Å²) in [5, 5.41) is 3.08. The standard InChI is InChI=1S/C10H14ClNOS/c1-2-5-12-7-8(13)6-9-3-4-10(11)14-9/h3-4,12H,2,5-7H2,1H3. The molecule has 0 radical (unpaired) electrons. The van der Waals surface area contributed by atoms with Crippen molar-refractivity contribution in [2.24, 2.45) is 0 Å². The minimum atomic E-state index is 0.219. The number of ketones is 1. The number of carbonyl (C=O) groups is 1. The lowest BCUT2D eigenvalue weighted by Gasteiger charge is -2.00. The largest absolute Gasteiger partial charge is 0.310 e. The number of rotatable bonds is 6. The molecule has 0 aliphatic heterocycles. The van der Waals surface area contributed by atoms with Crippen LogP contribution in [-0.2, 0) is 11.2 Å². The van der Waals surface area contributed by atoms with E-state index in [1.807, 2.05) is 12.1 Å². The van der Waals surface area contributed by atoms with Crippen LogP contribution in [-0.4, -0.2) is 18.9 Å². The number of hydrogen-bond donors (Lipinski definition) is 1. The Kier molecular flexibility index (Phi) is 5.15. The Morgan fingerprint density at radius 2 is 2.36 bits per heavy atom. The van der Waals surface area contributed by atoms with E-state index in [4.69, 9.17) is 11.6 Å². The van der Waals surface area contributed by atoms with Gasteiger partial charge in [0, 0.05) is 11.3 Å². The summed E-state index contributed by atoms with van der Waals surface area (Å²) in [5.41, 5.74) is 0. The molecule has 1 aromatic rings. The Balaban J connectivity index is 2.27. The van der Waals surface area contributed by atoms with E-state index in [9.17, 15) is 4.79 Å². The Hall–Kier alpha value is -0.380. The molecule has 0 aliphatic rings. The summed E-state index contributed by atoms with van der Waals surface area (Å²) in [5.74, 6) is 0.219. The number of halogens is 1. The van der Waals surface area contributed by atoms with Crippen molar-refractivity contribution < 1.29 is 4.79 Å². The molecule has 1 aromatic heterocycles. The predicted molar refractivity (Wildman–Crippen MR) is 61.2 cm³/mol. The van der Waals surface area contributed by atoms with Crippen LogP contribution in [0.2, 0.25) is 4.34 Å². The van der Waals surface area contributed by atoms with Gasteiger partial charge in [0.15, 0.2) is 5.78 Å². The molecule has 0 fully saturated rings. The van der Waals surface area contributed by atoms with Gasteiger partial charge in [-0.2, -0.15) is 0 Å². The smallest absolute Gasteiger partial charge is 0.151 e. The highest BCUT2D eigenvalue weighted by Gasteiger charge is 2.04. The van der Waals surface area contributed by atoms with E-state index in [0.717, 1.165) is 22.2 Å². The zero-order valence-electron chi connectivity index (χ0n) is 8.18. The van der Waals surface area contributed by atoms with Gasteiger partial charge in [-0.1, -0.05) is 18.5 Å². The third-order valence-electron chi connectivity index (χ3n) is 1.75. The molecule has 0 amide bonds. The average Bonchev–Trinajstić information content (AvgIpc) is 2.52. The molecule has 0 aliphatic carbocycles. The number of hydrogen-bond acceptors (Lipinski definition) is 3. The summed E-state index contributed by atoms with van der Waals surface area (Å²) in [6.45, 7) is 3.44. The van der Waals surface area contributed by atoms with Gasteiger partial charge in [0.2, 0.25) is 0 Å². The minimum Gasteiger partial charge on any atom is -0.310 e. The van der Waals surface area contributed by atoms with Crippen molar-refractivity contribution >= 4 is 28.7 Å². The van der Waals surface area contributed by atoms with Gasteiger partial charge in [0.25, 0.3) is 0 Å². The monoisotopic (exact) mass is 231 g/mol. The van der Waals surface area contributed by atoms with Gasteiger partial charge in [0.05, 0.1) is 10.9 Å². The van der Waals surface area contributed by atoms with Crippen LogP contribution in [0.3, 0.4) is 0 Å². The van der Waals surface area contributed by atoms with Crippen molar-refractivity contribution in [2.75, 3.05) is 13.1 Å². The molecule has 0 unspecified atom stereocenters. The van der Waals surface area contributed by atoms with Gasteiger partial charge >= 0.3 is 0 Å². The predicted octanol–water partition coefficient (Wildman–Crippen LogP) is 2.51. The molecule has 1 rings (SSSR count). The molecule has 78 valence electrons. The lowest BCUT2D eigenvalue weighted by atomic mass is 10.2. The van der Waals surface area contributed by atoms with E-state index in [0.29, 0.717) is 13.0 Å². The Labute approximate surface area is 93.3 Å². The highest BCUT2D eigenvalue weighted by Crippen LogP contribution is 2.21.